The van der Waals surface area contributed by atoms with E-state index < -0.39 is 0 Å². The fourth-order valence-electron chi connectivity index (χ4n) is 1.79. The molecule has 0 aliphatic heterocycles. The quantitative estimate of drug-likeness (QED) is 0.668. The lowest BCUT2D eigenvalue weighted by molar-refractivity contribution is -0.113. The minimum Gasteiger partial charge on any atom is -0.411 e. The summed E-state index contributed by atoms with van der Waals surface area (Å²) in [6.45, 7) is 0. The van der Waals surface area contributed by atoms with E-state index >= 15 is 0 Å². The molecule has 122 valence electrons. The summed E-state index contributed by atoms with van der Waals surface area (Å²) in [7, 11) is 0. The number of carbonyl (C=O) groups is 1. The molecule has 1 amide bonds. The van der Waals surface area contributed by atoms with E-state index in [0.29, 0.717) is 27.2 Å². The number of carbonyl (C=O) groups excluding carboxylic acids is 1. The number of rotatable bonds is 5. The van der Waals surface area contributed by atoms with E-state index in [-0.39, 0.29) is 16.9 Å². The summed E-state index contributed by atoms with van der Waals surface area (Å²) in [5.41, 5.74) is 1.09. The van der Waals surface area contributed by atoms with Crippen molar-refractivity contribution in [2.75, 3.05) is 11.1 Å². The summed E-state index contributed by atoms with van der Waals surface area (Å²) in [5, 5.41) is 11.5. The molecule has 3 rings (SSSR count). The lowest BCUT2D eigenvalue weighted by Gasteiger charge is -2.08. The number of pyridine rings is 1. The van der Waals surface area contributed by atoms with E-state index in [4.69, 9.17) is 27.6 Å². The fourth-order valence-corrected chi connectivity index (χ4v) is 2.85. The average Bonchev–Trinajstić information content (AvgIpc) is 3.06. The van der Waals surface area contributed by atoms with Gasteiger partial charge in [0.25, 0.3) is 5.22 Å². The van der Waals surface area contributed by atoms with Crippen LogP contribution in [0.15, 0.2) is 52.4 Å². The van der Waals surface area contributed by atoms with Crippen molar-refractivity contribution in [1.29, 1.82) is 0 Å². The number of benzene rings is 1. The summed E-state index contributed by atoms with van der Waals surface area (Å²) in [6.07, 6.45) is 3.27. The molecule has 0 spiro atoms. The highest BCUT2D eigenvalue weighted by Crippen LogP contribution is 2.30. The lowest BCUT2D eigenvalue weighted by atomic mass is 10.3. The number of nitrogens with zero attached hydrogens (tertiary/aromatic N) is 3. The van der Waals surface area contributed by atoms with Crippen LogP contribution in [0.25, 0.3) is 11.5 Å². The van der Waals surface area contributed by atoms with E-state index in [2.05, 4.69) is 20.5 Å². The standard InChI is InChI=1S/C15H10Cl2N4O2S/c16-10-4-1-5-11(17)13(10)19-12(22)8-24-15-21-20-14(23-15)9-3-2-6-18-7-9/h1-7H,8H2,(H,19,22). The van der Waals surface area contributed by atoms with Crippen LogP contribution in [-0.4, -0.2) is 26.8 Å². The Morgan fingerprint density at radius 2 is 1.96 bits per heavy atom. The highest BCUT2D eigenvalue weighted by molar-refractivity contribution is 7.99. The maximum atomic E-state index is 12.0. The third kappa shape index (κ3) is 4.05. The van der Waals surface area contributed by atoms with Crippen molar-refractivity contribution >= 4 is 46.6 Å². The smallest absolute Gasteiger partial charge is 0.277 e. The molecular weight excluding hydrogens is 371 g/mol. The number of amides is 1. The third-order valence-corrected chi connectivity index (χ3v) is 4.32. The predicted octanol–water partition coefficient (Wildman–Crippen LogP) is 4.17. The van der Waals surface area contributed by atoms with Gasteiger partial charge >= 0.3 is 0 Å². The first kappa shape index (κ1) is 16.8. The number of anilines is 1. The number of hydrogen-bond acceptors (Lipinski definition) is 6. The molecule has 1 aromatic carbocycles. The molecule has 6 nitrogen and oxygen atoms in total. The van der Waals surface area contributed by atoms with Gasteiger partial charge in [-0.25, -0.2) is 0 Å². The molecule has 9 heteroatoms. The first-order chi connectivity index (χ1) is 11.6. The summed E-state index contributed by atoms with van der Waals surface area (Å²) in [6, 6.07) is 8.57. The number of aromatic nitrogens is 3. The van der Waals surface area contributed by atoms with Crippen LogP contribution in [-0.2, 0) is 4.79 Å². The van der Waals surface area contributed by atoms with Crippen LogP contribution in [0, 0.1) is 0 Å². The second kappa shape index (κ2) is 7.65. The molecule has 2 aromatic heterocycles. The third-order valence-electron chi connectivity index (χ3n) is 2.87. The van der Waals surface area contributed by atoms with E-state index in [1.165, 1.54) is 0 Å². The van der Waals surface area contributed by atoms with Crippen LogP contribution in [0.3, 0.4) is 0 Å². The SMILES string of the molecule is O=C(CSc1nnc(-c2cccnc2)o1)Nc1c(Cl)cccc1Cl. The van der Waals surface area contributed by atoms with Gasteiger partial charge in [0.1, 0.15) is 0 Å². The molecule has 0 aliphatic rings. The highest BCUT2D eigenvalue weighted by atomic mass is 35.5. The van der Waals surface area contributed by atoms with E-state index in [9.17, 15) is 4.79 Å². The maximum absolute atomic E-state index is 12.0. The molecular formula is C15H10Cl2N4O2S. The Kier molecular flexibility index (Phi) is 5.34. The monoisotopic (exact) mass is 380 g/mol. The van der Waals surface area contributed by atoms with Crippen LogP contribution in [0.2, 0.25) is 10.0 Å². The van der Waals surface area contributed by atoms with Crippen LogP contribution < -0.4 is 5.32 Å². The minimum atomic E-state index is -0.281. The van der Waals surface area contributed by atoms with Crippen LogP contribution in [0.1, 0.15) is 0 Å². The number of nitrogens with one attached hydrogen (secondary N) is 1. The molecule has 1 N–H and O–H groups in total. The highest BCUT2D eigenvalue weighted by Gasteiger charge is 2.13. The zero-order chi connectivity index (χ0) is 16.9. The molecule has 0 saturated heterocycles. The number of hydrogen-bond donors (Lipinski definition) is 1. The van der Waals surface area contributed by atoms with Crippen molar-refractivity contribution in [3.63, 3.8) is 0 Å². The number of para-hydroxylation sites is 1. The molecule has 3 aromatic rings. The molecule has 2 heterocycles. The number of thioether (sulfide) groups is 1. The van der Waals surface area contributed by atoms with Crippen LogP contribution in [0.5, 0.6) is 0 Å². The largest absolute Gasteiger partial charge is 0.411 e. The molecule has 0 fully saturated rings. The van der Waals surface area contributed by atoms with Crippen LogP contribution in [0.4, 0.5) is 5.69 Å². The van der Waals surface area contributed by atoms with Gasteiger partial charge in [0.15, 0.2) is 0 Å². The normalized spacial score (nSPS) is 10.6. The molecule has 24 heavy (non-hydrogen) atoms. The van der Waals surface area contributed by atoms with Crippen molar-refractivity contribution in [3.05, 3.63) is 52.8 Å². The second-order valence-corrected chi connectivity index (χ2v) is 6.29. The zero-order valence-electron chi connectivity index (χ0n) is 12.1. The number of halogens is 2. The summed E-state index contributed by atoms with van der Waals surface area (Å²) in [5.74, 6) is 0.146. The first-order valence-electron chi connectivity index (χ1n) is 6.74. The Bertz CT molecular complexity index is 837. The van der Waals surface area contributed by atoms with Gasteiger partial charge in [-0.3, -0.25) is 9.78 Å². The van der Waals surface area contributed by atoms with Gasteiger partial charge in [-0.2, -0.15) is 0 Å². The average molecular weight is 381 g/mol. The van der Waals surface area contributed by atoms with Crippen molar-refractivity contribution in [3.8, 4) is 11.5 Å². The van der Waals surface area contributed by atoms with Gasteiger partial charge in [0.2, 0.25) is 11.8 Å². The Morgan fingerprint density at radius 3 is 2.67 bits per heavy atom. The summed E-state index contributed by atoms with van der Waals surface area (Å²) >= 11 is 13.1. The van der Waals surface area contributed by atoms with E-state index in [1.54, 1.807) is 42.7 Å². The topological polar surface area (TPSA) is 80.9 Å². The van der Waals surface area contributed by atoms with Gasteiger partial charge in [0.05, 0.1) is 27.0 Å². The fraction of sp³-hybridized carbons (Fsp3) is 0.0667. The summed E-state index contributed by atoms with van der Waals surface area (Å²) < 4.78 is 5.49. The molecule has 0 radical (unpaired) electrons. The van der Waals surface area contributed by atoms with Gasteiger partial charge in [-0.05, 0) is 24.3 Å². The van der Waals surface area contributed by atoms with Crippen molar-refractivity contribution in [1.82, 2.24) is 15.2 Å². The summed E-state index contributed by atoms with van der Waals surface area (Å²) in [4.78, 5) is 16.0. The molecule has 0 saturated carbocycles. The van der Waals surface area contributed by atoms with E-state index in [1.807, 2.05) is 0 Å². The molecule has 0 aliphatic carbocycles. The van der Waals surface area contributed by atoms with Gasteiger partial charge in [-0.1, -0.05) is 41.0 Å². The van der Waals surface area contributed by atoms with Crippen molar-refractivity contribution < 1.29 is 9.21 Å². The first-order valence-corrected chi connectivity index (χ1v) is 8.48. The Morgan fingerprint density at radius 1 is 1.17 bits per heavy atom. The molecule has 0 bridgehead atoms. The lowest BCUT2D eigenvalue weighted by Crippen LogP contribution is -2.14. The van der Waals surface area contributed by atoms with Crippen molar-refractivity contribution in [2.45, 2.75) is 5.22 Å². The second-order valence-electron chi connectivity index (χ2n) is 4.55. The zero-order valence-corrected chi connectivity index (χ0v) is 14.4. The predicted molar refractivity (Wildman–Crippen MR) is 93.3 cm³/mol. The van der Waals surface area contributed by atoms with Gasteiger partial charge < -0.3 is 9.73 Å². The Balaban J connectivity index is 1.60. The Labute approximate surface area is 151 Å². The van der Waals surface area contributed by atoms with E-state index in [0.717, 1.165) is 11.8 Å². The molecule has 0 unspecified atom stereocenters. The van der Waals surface area contributed by atoms with Crippen molar-refractivity contribution in [2.24, 2.45) is 0 Å². The molecule has 0 atom stereocenters. The van der Waals surface area contributed by atoms with Gasteiger partial charge in [-0.15, -0.1) is 10.2 Å². The minimum absolute atomic E-state index is 0.0796. The Hall–Kier alpha value is -2.09. The van der Waals surface area contributed by atoms with Crippen LogP contribution >= 0.6 is 35.0 Å². The maximum Gasteiger partial charge on any atom is 0.277 e. The van der Waals surface area contributed by atoms with Gasteiger partial charge in [0, 0.05) is 12.4 Å².